The van der Waals surface area contributed by atoms with Crippen LogP contribution in [0.1, 0.15) is 10.4 Å². The number of hydrogen-bond donors (Lipinski definition) is 0. The lowest BCUT2D eigenvalue weighted by molar-refractivity contribution is 0.0521. The van der Waals surface area contributed by atoms with Crippen molar-refractivity contribution in [3.05, 3.63) is 66.9 Å². The Balaban J connectivity index is 1.45. The fourth-order valence-electron chi connectivity index (χ4n) is 2.91. The maximum atomic E-state index is 12.8. The summed E-state index contributed by atoms with van der Waals surface area (Å²) in [6.45, 7) is 0.816. The van der Waals surface area contributed by atoms with Crippen LogP contribution in [0, 0.1) is 0 Å². The zero-order valence-corrected chi connectivity index (χ0v) is 14.8. The van der Waals surface area contributed by atoms with Crippen LogP contribution < -0.4 is 9.47 Å². The van der Waals surface area contributed by atoms with Crippen LogP contribution >= 0.6 is 0 Å². The van der Waals surface area contributed by atoms with E-state index in [1.807, 2.05) is 24.3 Å². The number of amides is 1. The van der Waals surface area contributed by atoms with E-state index in [2.05, 4.69) is 15.0 Å². The largest absolute Gasteiger partial charge is 0.486 e. The summed E-state index contributed by atoms with van der Waals surface area (Å²) < 4.78 is 11.6. The van der Waals surface area contributed by atoms with Crippen LogP contribution in [0.5, 0.6) is 11.5 Å². The molecule has 1 amide bonds. The standard InChI is InChI=1S/C20H18N4O3/c1-24(11-16-12-26-18-4-2-3-5-19(18)27-16)20(25)14-6-7-23-17(8-14)15-9-21-13-22-10-15/h2-10,13,16H,11-12H2,1H3/t16-/m0/s1. The van der Waals surface area contributed by atoms with Crippen molar-refractivity contribution in [2.24, 2.45) is 0 Å². The normalized spacial score (nSPS) is 15.2. The molecule has 3 heterocycles. The maximum absolute atomic E-state index is 12.8. The summed E-state index contributed by atoms with van der Waals surface area (Å²) in [6.07, 6.45) is 6.17. The maximum Gasteiger partial charge on any atom is 0.253 e. The van der Waals surface area contributed by atoms with Gasteiger partial charge in [-0.05, 0) is 24.3 Å². The Morgan fingerprint density at radius 1 is 1.19 bits per heavy atom. The number of carbonyl (C=O) groups is 1. The second-order valence-corrected chi connectivity index (χ2v) is 6.24. The van der Waals surface area contributed by atoms with Crippen LogP contribution in [0.3, 0.4) is 0 Å². The second-order valence-electron chi connectivity index (χ2n) is 6.24. The summed E-state index contributed by atoms with van der Waals surface area (Å²) in [7, 11) is 1.75. The molecule has 1 atom stereocenters. The molecule has 7 nitrogen and oxygen atoms in total. The van der Waals surface area contributed by atoms with Crippen molar-refractivity contribution in [2.45, 2.75) is 6.10 Å². The average molecular weight is 362 g/mol. The first-order valence-corrected chi connectivity index (χ1v) is 8.56. The summed E-state index contributed by atoms with van der Waals surface area (Å²) in [6, 6.07) is 11.0. The van der Waals surface area contributed by atoms with E-state index in [0.717, 1.165) is 11.3 Å². The second kappa shape index (κ2) is 7.41. The van der Waals surface area contributed by atoms with Crippen LogP contribution in [0.15, 0.2) is 61.3 Å². The van der Waals surface area contributed by atoms with Gasteiger partial charge in [0.05, 0.1) is 12.2 Å². The van der Waals surface area contributed by atoms with Gasteiger partial charge in [-0.15, -0.1) is 0 Å². The van der Waals surface area contributed by atoms with Crippen molar-refractivity contribution in [3.63, 3.8) is 0 Å². The number of para-hydroxylation sites is 2. The van der Waals surface area contributed by atoms with Crippen molar-refractivity contribution in [2.75, 3.05) is 20.2 Å². The van der Waals surface area contributed by atoms with E-state index in [9.17, 15) is 4.79 Å². The first kappa shape index (κ1) is 17.0. The molecular formula is C20H18N4O3. The van der Waals surface area contributed by atoms with Gasteiger partial charge in [0.15, 0.2) is 17.6 Å². The predicted molar refractivity (Wildman–Crippen MR) is 98.6 cm³/mol. The van der Waals surface area contributed by atoms with Gasteiger partial charge in [-0.3, -0.25) is 9.78 Å². The van der Waals surface area contributed by atoms with E-state index in [1.165, 1.54) is 6.33 Å². The highest BCUT2D eigenvalue weighted by atomic mass is 16.6. The predicted octanol–water partition coefficient (Wildman–Crippen LogP) is 2.45. The van der Waals surface area contributed by atoms with Crippen LogP contribution in [0.4, 0.5) is 0 Å². The van der Waals surface area contributed by atoms with E-state index >= 15 is 0 Å². The number of aromatic nitrogens is 3. The molecular weight excluding hydrogens is 344 g/mol. The number of benzene rings is 1. The Morgan fingerprint density at radius 3 is 2.78 bits per heavy atom. The SMILES string of the molecule is CN(C[C@H]1COc2ccccc2O1)C(=O)c1ccnc(-c2cncnc2)c1. The summed E-state index contributed by atoms with van der Waals surface area (Å²) in [5.74, 6) is 1.31. The molecule has 27 heavy (non-hydrogen) atoms. The van der Waals surface area contributed by atoms with E-state index in [-0.39, 0.29) is 12.0 Å². The van der Waals surface area contributed by atoms with Crippen molar-refractivity contribution in [1.82, 2.24) is 19.9 Å². The Labute approximate surface area is 156 Å². The highest BCUT2D eigenvalue weighted by Gasteiger charge is 2.24. The minimum absolute atomic E-state index is 0.113. The van der Waals surface area contributed by atoms with Crippen LogP contribution in [0.25, 0.3) is 11.3 Å². The van der Waals surface area contributed by atoms with Crippen LogP contribution in [0.2, 0.25) is 0 Å². The lowest BCUT2D eigenvalue weighted by Crippen LogP contribution is -2.41. The van der Waals surface area contributed by atoms with Gasteiger partial charge >= 0.3 is 0 Å². The fourth-order valence-corrected chi connectivity index (χ4v) is 2.91. The number of ether oxygens (including phenoxy) is 2. The van der Waals surface area contributed by atoms with Crippen LogP contribution in [-0.2, 0) is 0 Å². The zero-order valence-electron chi connectivity index (χ0n) is 14.8. The fraction of sp³-hybridized carbons (Fsp3) is 0.200. The summed E-state index contributed by atoms with van der Waals surface area (Å²) >= 11 is 0. The highest BCUT2D eigenvalue weighted by molar-refractivity contribution is 5.94. The molecule has 1 aliphatic rings. The van der Waals surface area contributed by atoms with E-state index < -0.39 is 0 Å². The third kappa shape index (κ3) is 3.72. The van der Waals surface area contributed by atoms with Gasteiger partial charge in [0.1, 0.15) is 12.9 Å². The van der Waals surface area contributed by atoms with Gasteiger partial charge in [0.25, 0.3) is 5.91 Å². The number of fused-ring (bicyclic) bond motifs is 1. The van der Waals surface area contributed by atoms with Crippen LogP contribution in [-0.4, -0.2) is 52.1 Å². The van der Waals surface area contributed by atoms with Gasteiger partial charge < -0.3 is 14.4 Å². The van der Waals surface area contributed by atoms with E-state index in [0.29, 0.717) is 30.2 Å². The van der Waals surface area contributed by atoms with Crippen molar-refractivity contribution in [1.29, 1.82) is 0 Å². The summed E-state index contributed by atoms with van der Waals surface area (Å²) in [5, 5.41) is 0. The van der Waals surface area contributed by atoms with Crippen molar-refractivity contribution in [3.8, 4) is 22.8 Å². The molecule has 0 radical (unpaired) electrons. The Bertz CT molecular complexity index is 949. The molecule has 1 aromatic carbocycles. The number of rotatable bonds is 4. The topological polar surface area (TPSA) is 77.4 Å². The van der Waals surface area contributed by atoms with Gasteiger partial charge in [-0.1, -0.05) is 12.1 Å². The number of hydrogen-bond acceptors (Lipinski definition) is 6. The summed E-state index contributed by atoms with van der Waals surface area (Å²) in [5.41, 5.74) is 1.96. The van der Waals surface area contributed by atoms with Gasteiger partial charge in [0.2, 0.25) is 0 Å². The molecule has 136 valence electrons. The number of pyridine rings is 1. The van der Waals surface area contributed by atoms with E-state index in [1.54, 1.807) is 42.7 Å². The first-order valence-electron chi connectivity index (χ1n) is 8.56. The Kier molecular flexibility index (Phi) is 4.65. The molecule has 0 unspecified atom stereocenters. The molecule has 0 N–H and O–H groups in total. The molecule has 4 rings (SSSR count). The quantitative estimate of drug-likeness (QED) is 0.709. The van der Waals surface area contributed by atoms with E-state index in [4.69, 9.17) is 9.47 Å². The molecule has 1 aliphatic heterocycles. The number of likely N-dealkylation sites (N-methyl/N-ethyl adjacent to an activating group) is 1. The minimum Gasteiger partial charge on any atom is -0.486 e. The number of carbonyl (C=O) groups excluding carboxylic acids is 1. The molecule has 2 aromatic heterocycles. The molecule has 0 fully saturated rings. The van der Waals surface area contributed by atoms with Crippen molar-refractivity contribution >= 4 is 5.91 Å². The lowest BCUT2D eigenvalue weighted by atomic mass is 10.1. The first-order chi connectivity index (χ1) is 13.2. The minimum atomic E-state index is -0.224. The zero-order chi connectivity index (χ0) is 18.6. The summed E-state index contributed by atoms with van der Waals surface area (Å²) in [4.78, 5) is 26.7. The van der Waals surface area contributed by atoms with Gasteiger partial charge in [-0.25, -0.2) is 9.97 Å². The Hall–Kier alpha value is -3.48. The third-order valence-corrected chi connectivity index (χ3v) is 4.25. The average Bonchev–Trinajstić information content (AvgIpc) is 2.74. The third-order valence-electron chi connectivity index (χ3n) is 4.25. The van der Waals surface area contributed by atoms with Crippen molar-refractivity contribution < 1.29 is 14.3 Å². The molecule has 0 bridgehead atoms. The lowest BCUT2D eigenvalue weighted by Gasteiger charge is -2.29. The smallest absolute Gasteiger partial charge is 0.253 e. The van der Waals surface area contributed by atoms with Gasteiger partial charge in [-0.2, -0.15) is 0 Å². The monoisotopic (exact) mass is 362 g/mol. The number of nitrogens with zero attached hydrogens (tertiary/aromatic N) is 4. The molecule has 0 saturated carbocycles. The molecule has 3 aromatic rings. The Morgan fingerprint density at radius 2 is 1.96 bits per heavy atom. The molecule has 0 spiro atoms. The van der Waals surface area contributed by atoms with Gasteiger partial charge in [0, 0.05) is 36.8 Å². The molecule has 0 aliphatic carbocycles. The molecule has 0 saturated heterocycles. The highest BCUT2D eigenvalue weighted by Crippen LogP contribution is 2.31. The molecule has 7 heteroatoms.